The van der Waals surface area contributed by atoms with Gasteiger partial charge in [-0.05, 0) is 35.7 Å². The fraction of sp³-hybridized carbons (Fsp3) is 0.278. The minimum absolute atomic E-state index is 0.0205. The van der Waals surface area contributed by atoms with Crippen molar-refractivity contribution in [1.82, 2.24) is 5.32 Å². The van der Waals surface area contributed by atoms with Crippen LogP contribution in [0, 0.1) is 0 Å². The summed E-state index contributed by atoms with van der Waals surface area (Å²) >= 11 is 0. The summed E-state index contributed by atoms with van der Waals surface area (Å²) in [5.41, 5.74) is 3.73. The van der Waals surface area contributed by atoms with Crippen molar-refractivity contribution in [2.75, 3.05) is 0 Å². The van der Waals surface area contributed by atoms with E-state index in [1.165, 1.54) is 0 Å². The summed E-state index contributed by atoms with van der Waals surface area (Å²) in [7, 11) is 0. The number of carbonyl (C=O) groups is 1. The molecule has 3 rings (SSSR count). The Hall–Kier alpha value is -2.55. The molecule has 0 heterocycles. The van der Waals surface area contributed by atoms with Crippen LogP contribution in [0.4, 0.5) is 26.3 Å². The van der Waals surface area contributed by atoms with E-state index < -0.39 is 47.0 Å². The monoisotopic (exact) mass is 388 g/mol. The van der Waals surface area contributed by atoms with Crippen molar-refractivity contribution >= 4 is 5.91 Å². The quantitative estimate of drug-likeness (QED) is 0.762. The summed E-state index contributed by atoms with van der Waals surface area (Å²) in [4.78, 5) is 12.4. The first-order chi connectivity index (χ1) is 12.5. The highest BCUT2D eigenvalue weighted by molar-refractivity contribution is 5.95. The van der Waals surface area contributed by atoms with Gasteiger partial charge in [-0.2, -0.15) is 26.3 Å². The number of hydrogen-bond acceptors (Lipinski definition) is 2. The maximum absolute atomic E-state index is 12.9. The zero-order valence-corrected chi connectivity index (χ0v) is 13.7. The molecule has 3 nitrogen and oxygen atoms in total. The number of carbonyl (C=O) groups excluding carboxylic acids is 1. The Labute approximate surface area is 150 Å². The van der Waals surface area contributed by atoms with Crippen LogP contribution in [-0.2, 0) is 18.8 Å². The molecule has 0 spiro atoms. The maximum atomic E-state index is 12.9. The molecule has 9 heteroatoms. The van der Waals surface area contributed by atoms with Crippen LogP contribution in [0.1, 0.15) is 38.7 Å². The summed E-state index contributed by atoms with van der Waals surface area (Å²) in [6, 6.07) is 6.55. The van der Waals surface area contributed by atoms with Crippen molar-refractivity contribution in [3.63, 3.8) is 0 Å². The lowest BCUT2D eigenvalue weighted by atomic mass is 10.0. The fourth-order valence-corrected chi connectivity index (χ4v) is 3.12. The molecule has 0 saturated carbocycles. The minimum Gasteiger partial charge on any atom is -0.344 e. The summed E-state index contributed by atoms with van der Waals surface area (Å²) in [5.74, 6) is -1.05. The standard InChI is InChI=1S/C18H14F6N2O/c19-17(20,21)11-5-10(6-12(8-11)18(22,23)24)16(27)26-15-13-4-2-1-3-9(13)7-14(15)25/h1-6,8,14-15H,7,25H2,(H,26,27)/t14-,15-/m1/s1. The second-order valence-corrected chi connectivity index (χ2v) is 6.31. The Balaban J connectivity index is 1.95. The van der Waals surface area contributed by atoms with Crippen LogP contribution in [0.3, 0.4) is 0 Å². The van der Waals surface area contributed by atoms with Crippen molar-refractivity contribution in [1.29, 1.82) is 0 Å². The zero-order valence-electron chi connectivity index (χ0n) is 13.7. The summed E-state index contributed by atoms with van der Waals surface area (Å²) in [5, 5.41) is 2.46. The molecule has 1 aliphatic carbocycles. The van der Waals surface area contributed by atoms with E-state index in [0.29, 0.717) is 24.1 Å². The molecule has 0 bridgehead atoms. The van der Waals surface area contributed by atoms with Gasteiger partial charge in [-0.1, -0.05) is 24.3 Å². The van der Waals surface area contributed by atoms with E-state index in [2.05, 4.69) is 5.32 Å². The third kappa shape index (κ3) is 3.92. The maximum Gasteiger partial charge on any atom is 0.416 e. The van der Waals surface area contributed by atoms with Gasteiger partial charge in [-0.3, -0.25) is 4.79 Å². The van der Waals surface area contributed by atoms with Crippen molar-refractivity contribution in [2.24, 2.45) is 5.73 Å². The first-order valence-corrected chi connectivity index (χ1v) is 7.90. The van der Waals surface area contributed by atoms with Gasteiger partial charge < -0.3 is 11.1 Å². The van der Waals surface area contributed by atoms with Gasteiger partial charge in [0.2, 0.25) is 0 Å². The van der Waals surface area contributed by atoms with Gasteiger partial charge in [0.25, 0.3) is 5.91 Å². The van der Waals surface area contributed by atoms with E-state index in [1.54, 1.807) is 24.3 Å². The molecule has 0 aromatic heterocycles. The van der Waals surface area contributed by atoms with Gasteiger partial charge in [-0.15, -0.1) is 0 Å². The average Bonchev–Trinajstić information content (AvgIpc) is 2.88. The van der Waals surface area contributed by atoms with Crippen LogP contribution >= 0.6 is 0 Å². The van der Waals surface area contributed by atoms with Crippen LogP contribution in [0.15, 0.2) is 42.5 Å². The molecule has 0 unspecified atom stereocenters. The Morgan fingerprint density at radius 2 is 1.52 bits per heavy atom. The van der Waals surface area contributed by atoms with Crippen molar-refractivity contribution in [2.45, 2.75) is 30.9 Å². The Kier molecular flexibility index (Phi) is 4.67. The number of amides is 1. The second-order valence-electron chi connectivity index (χ2n) is 6.31. The lowest BCUT2D eigenvalue weighted by molar-refractivity contribution is -0.143. The summed E-state index contributed by atoms with van der Waals surface area (Å²) in [6.07, 6.45) is -9.60. The van der Waals surface area contributed by atoms with E-state index in [-0.39, 0.29) is 6.07 Å². The number of nitrogens with two attached hydrogens (primary N) is 1. The number of hydrogen-bond donors (Lipinski definition) is 2. The predicted octanol–water partition coefficient (Wildman–Crippen LogP) is 4.08. The van der Waals surface area contributed by atoms with Gasteiger partial charge in [0.05, 0.1) is 17.2 Å². The molecule has 0 aliphatic heterocycles. The number of nitrogens with one attached hydrogen (secondary N) is 1. The number of alkyl halides is 6. The summed E-state index contributed by atoms with van der Waals surface area (Å²) < 4.78 is 77.7. The van der Waals surface area contributed by atoms with E-state index in [1.807, 2.05) is 0 Å². The highest BCUT2D eigenvalue weighted by Crippen LogP contribution is 2.37. The molecule has 0 saturated heterocycles. The van der Waals surface area contributed by atoms with Gasteiger partial charge >= 0.3 is 12.4 Å². The highest BCUT2D eigenvalue weighted by Gasteiger charge is 2.38. The molecule has 0 fully saturated rings. The third-order valence-corrected chi connectivity index (χ3v) is 4.41. The molecule has 2 aromatic rings. The van der Waals surface area contributed by atoms with Crippen LogP contribution in [0.5, 0.6) is 0 Å². The molecule has 2 atom stereocenters. The van der Waals surface area contributed by atoms with E-state index >= 15 is 0 Å². The normalized spacial score (nSPS) is 19.7. The second kappa shape index (κ2) is 6.56. The molecular formula is C18H14F6N2O. The lowest BCUT2D eigenvalue weighted by Gasteiger charge is -2.20. The molecule has 0 radical (unpaired) electrons. The number of fused-ring (bicyclic) bond motifs is 1. The first kappa shape index (κ1) is 19.2. The molecule has 1 amide bonds. The highest BCUT2D eigenvalue weighted by atomic mass is 19.4. The van der Waals surface area contributed by atoms with Gasteiger partial charge in [0.15, 0.2) is 0 Å². The molecule has 3 N–H and O–H groups in total. The van der Waals surface area contributed by atoms with Crippen molar-refractivity contribution < 1.29 is 31.1 Å². The average molecular weight is 388 g/mol. The number of halogens is 6. The Bertz CT molecular complexity index is 843. The van der Waals surface area contributed by atoms with Crippen LogP contribution in [0.2, 0.25) is 0 Å². The van der Waals surface area contributed by atoms with E-state index in [9.17, 15) is 31.1 Å². The number of rotatable bonds is 2. The van der Waals surface area contributed by atoms with Gasteiger partial charge in [0.1, 0.15) is 0 Å². The third-order valence-electron chi connectivity index (χ3n) is 4.41. The Morgan fingerprint density at radius 1 is 0.963 bits per heavy atom. The van der Waals surface area contributed by atoms with E-state index in [4.69, 9.17) is 5.73 Å². The van der Waals surface area contributed by atoms with E-state index in [0.717, 1.165) is 5.56 Å². The number of benzene rings is 2. The van der Waals surface area contributed by atoms with Crippen molar-refractivity contribution in [3.05, 3.63) is 70.3 Å². The fourth-order valence-electron chi connectivity index (χ4n) is 3.12. The zero-order chi connectivity index (χ0) is 20.0. The Morgan fingerprint density at radius 3 is 2.07 bits per heavy atom. The topological polar surface area (TPSA) is 55.1 Å². The lowest BCUT2D eigenvalue weighted by Crippen LogP contribution is -2.38. The molecule has 27 heavy (non-hydrogen) atoms. The first-order valence-electron chi connectivity index (χ1n) is 7.90. The van der Waals surface area contributed by atoms with Crippen LogP contribution in [0.25, 0.3) is 0 Å². The summed E-state index contributed by atoms with van der Waals surface area (Å²) in [6.45, 7) is 0. The minimum atomic E-state index is -5.02. The smallest absolute Gasteiger partial charge is 0.344 e. The van der Waals surface area contributed by atoms with Gasteiger partial charge in [-0.25, -0.2) is 0 Å². The van der Waals surface area contributed by atoms with Gasteiger partial charge in [0, 0.05) is 11.6 Å². The SMILES string of the molecule is N[C@@H]1Cc2ccccc2[C@H]1NC(=O)c1cc(C(F)(F)F)cc(C(F)(F)F)c1. The van der Waals surface area contributed by atoms with Crippen LogP contribution in [-0.4, -0.2) is 11.9 Å². The molecule has 2 aromatic carbocycles. The largest absolute Gasteiger partial charge is 0.416 e. The van der Waals surface area contributed by atoms with Crippen LogP contribution < -0.4 is 11.1 Å². The molecule has 144 valence electrons. The molecule has 1 aliphatic rings. The van der Waals surface area contributed by atoms with Crippen molar-refractivity contribution in [3.8, 4) is 0 Å². The molecular weight excluding hydrogens is 374 g/mol. The predicted molar refractivity (Wildman–Crippen MR) is 84.8 cm³/mol.